The fraction of sp³-hybridized carbons (Fsp3) is 0.500. The number of hydrogen-bond donors (Lipinski definition) is 2. The highest BCUT2D eigenvalue weighted by Crippen LogP contribution is 2.30. The van der Waals surface area contributed by atoms with Crippen LogP contribution in [0.25, 0.3) is 0 Å². The molecule has 0 aliphatic carbocycles. The summed E-state index contributed by atoms with van der Waals surface area (Å²) in [5, 5.41) is 3.82. The van der Waals surface area contributed by atoms with E-state index in [1.165, 1.54) is 0 Å². The summed E-state index contributed by atoms with van der Waals surface area (Å²) in [5.74, 6) is -0.183. The van der Waals surface area contributed by atoms with E-state index in [-0.39, 0.29) is 11.9 Å². The van der Waals surface area contributed by atoms with Crippen LogP contribution in [0.5, 0.6) is 0 Å². The van der Waals surface area contributed by atoms with Crippen molar-refractivity contribution in [2.75, 3.05) is 0 Å². The van der Waals surface area contributed by atoms with Crippen molar-refractivity contribution in [1.82, 2.24) is 5.32 Å². The number of carbonyl (C=O) groups excluding carboxylic acids is 1. The van der Waals surface area contributed by atoms with Crippen molar-refractivity contribution < 1.29 is 4.79 Å². The van der Waals surface area contributed by atoms with Gasteiger partial charge in [0.2, 0.25) is 5.91 Å². The Morgan fingerprint density at radius 2 is 2.11 bits per heavy atom. The van der Waals surface area contributed by atoms with E-state index < -0.39 is 5.54 Å². The van der Waals surface area contributed by atoms with E-state index in [1.807, 2.05) is 19.9 Å². The topological polar surface area (TPSA) is 55.1 Å². The Morgan fingerprint density at radius 1 is 1.47 bits per heavy atom. The van der Waals surface area contributed by atoms with E-state index in [4.69, 9.17) is 28.9 Å². The van der Waals surface area contributed by atoms with Crippen molar-refractivity contribution in [3.8, 4) is 0 Å². The molecule has 0 aliphatic heterocycles. The summed E-state index contributed by atoms with van der Waals surface area (Å²) in [4.78, 5) is 12.1. The van der Waals surface area contributed by atoms with Crippen LogP contribution in [0.2, 0.25) is 10.0 Å². The van der Waals surface area contributed by atoms with Gasteiger partial charge in [-0.25, -0.2) is 0 Å². The maximum atomic E-state index is 12.1. The highest BCUT2D eigenvalue weighted by atomic mass is 35.5. The number of benzene rings is 1. The second-order valence-electron chi connectivity index (χ2n) is 5.01. The van der Waals surface area contributed by atoms with Crippen LogP contribution in [0.1, 0.15) is 45.2 Å². The fourth-order valence-electron chi connectivity index (χ4n) is 1.93. The first-order valence-electron chi connectivity index (χ1n) is 6.33. The van der Waals surface area contributed by atoms with Gasteiger partial charge >= 0.3 is 0 Å². The molecule has 3 N–H and O–H groups in total. The van der Waals surface area contributed by atoms with Gasteiger partial charge in [-0.1, -0.05) is 48.7 Å². The van der Waals surface area contributed by atoms with Crippen molar-refractivity contribution in [1.29, 1.82) is 0 Å². The van der Waals surface area contributed by atoms with Crippen LogP contribution >= 0.6 is 23.2 Å². The van der Waals surface area contributed by atoms with Gasteiger partial charge in [0.15, 0.2) is 0 Å². The summed E-state index contributed by atoms with van der Waals surface area (Å²) in [6.45, 7) is 5.59. The quantitative estimate of drug-likeness (QED) is 0.871. The minimum atomic E-state index is -0.867. The van der Waals surface area contributed by atoms with Crippen LogP contribution in [0.3, 0.4) is 0 Å². The average molecular weight is 303 g/mol. The van der Waals surface area contributed by atoms with Crippen molar-refractivity contribution in [2.45, 2.75) is 45.2 Å². The Bertz CT molecular complexity index is 461. The molecular weight excluding hydrogens is 283 g/mol. The van der Waals surface area contributed by atoms with Crippen molar-refractivity contribution >= 4 is 29.1 Å². The number of amides is 1. The summed E-state index contributed by atoms with van der Waals surface area (Å²) in [6.07, 6.45) is 1.49. The average Bonchev–Trinajstić information content (AvgIpc) is 2.32. The first kappa shape index (κ1) is 16.3. The van der Waals surface area contributed by atoms with Crippen LogP contribution in [-0.2, 0) is 4.79 Å². The van der Waals surface area contributed by atoms with Crippen LogP contribution in [0.4, 0.5) is 0 Å². The second kappa shape index (κ2) is 6.60. The third-order valence-corrected chi connectivity index (χ3v) is 3.92. The van der Waals surface area contributed by atoms with Gasteiger partial charge in [0.05, 0.1) is 21.6 Å². The highest BCUT2D eigenvalue weighted by molar-refractivity contribution is 6.42. The van der Waals surface area contributed by atoms with Gasteiger partial charge in [0.25, 0.3) is 0 Å². The van der Waals surface area contributed by atoms with E-state index in [1.54, 1.807) is 19.1 Å². The van der Waals surface area contributed by atoms with Gasteiger partial charge in [-0.3, -0.25) is 4.79 Å². The van der Waals surface area contributed by atoms with Gasteiger partial charge in [-0.15, -0.1) is 0 Å². The molecule has 0 radical (unpaired) electrons. The number of nitrogens with one attached hydrogen (secondary N) is 1. The summed E-state index contributed by atoms with van der Waals surface area (Å²) >= 11 is 12.1. The Hall–Kier alpha value is -0.770. The molecule has 0 heterocycles. The third kappa shape index (κ3) is 4.10. The SMILES string of the molecule is CCCC(C)(N)C(=O)NC(C)c1cccc(Cl)c1Cl. The summed E-state index contributed by atoms with van der Waals surface area (Å²) in [7, 11) is 0. The number of rotatable bonds is 5. The zero-order chi connectivity index (χ0) is 14.6. The molecule has 0 spiro atoms. The van der Waals surface area contributed by atoms with E-state index >= 15 is 0 Å². The first-order valence-corrected chi connectivity index (χ1v) is 7.09. The lowest BCUT2D eigenvalue weighted by atomic mass is 9.95. The smallest absolute Gasteiger partial charge is 0.240 e. The molecule has 2 atom stereocenters. The highest BCUT2D eigenvalue weighted by Gasteiger charge is 2.28. The van der Waals surface area contributed by atoms with Crippen molar-refractivity contribution in [3.05, 3.63) is 33.8 Å². The molecule has 0 fully saturated rings. The van der Waals surface area contributed by atoms with Crippen LogP contribution in [0, 0.1) is 0 Å². The first-order chi connectivity index (χ1) is 8.79. The molecule has 19 heavy (non-hydrogen) atoms. The van der Waals surface area contributed by atoms with E-state index in [0.29, 0.717) is 16.5 Å². The minimum Gasteiger partial charge on any atom is -0.348 e. The Labute approximate surface area is 124 Å². The lowest BCUT2D eigenvalue weighted by molar-refractivity contribution is -0.126. The molecule has 5 heteroatoms. The van der Waals surface area contributed by atoms with Crippen LogP contribution in [-0.4, -0.2) is 11.4 Å². The zero-order valence-corrected chi connectivity index (χ0v) is 13.0. The lowest BCUT2D eigenvalue weighted by Crippen LogP contribution is -2.52. The molecular formula is C14H20Cl2N2O. The van der Waals surface area contributed by atoms with Gasteiger partial charge < -0.3 is 11.1 Å². The number of carbonyl (C=O) groups is 1. The molecule has 0 saturated heterocycles. The molecule has 106 valence electrons. The molecule has 1 aromatic carbocycles. The largest absolute Gasteiger partial charge is 0.348 e. The molecule has 0 saturated carbocycles. The predicted octanol–water partition coefficient (Wildman–Crippen LogP) is 3.69. The lowest BCUT2D eigenvalue weighted by Gasteiger charge is -2.26. The number of halogens is 2. The summed E-state index contributed by atoms with van der Waals surface area (Å²) < 4.78 is 0. The summed E-state index contributed by atoms with van der Waals surface area (Å²) in [6, 6.07) is 5.12. The molecule has 0 aliphatic rings. The monoisotopic (exact) mass is 302 g/mol. The third-order valence-electron chi connectivity index (χ3n) is 3.08. The standard InChI is InChI=1S/C14H20Cl2N2O/c1-4-8-14(3,17)13(19)18-9(2)10-6-5-7-11(15)12(10)16/h5-7,9H,4,8,17H2,1-3H3,(H,18,19). The Morgan fingerprint density at radius 3 is 2.68 bits per heavy atom. The molecule has 0 bridgehead atoms. The van der Waals surface area contributed by atoms with Gasteiger partial charge in [0, 0.05) is 0 Å². The van der Waals surface area contributed by atoms with Crippen LogP contribution in [0.15, 0.2) is 18.2 Å². The number of hydrogen-bond acceptors (Lipinski definition) is 2. The zero-order valence-electron chi connectivity index (χ0n) is 11.5. The molecule has 1 amide bonds. The molecule has 2 unspecified atom stereocenters. The second-order valence-corrected chi connectivity index (χ2v) is 5.79. The maximum absolute atomic E-state index is 12.1. The van der Waals surface area contributed by atoms with E-state index in [2.05, 4.69) is 5.32 Å². The van der Waals surface area contributed by atoms with Gasteiger partial charge in [-0.2, -0.15) is 0 Å². The number of nitrogens with two attached hydrogens (primary N) is 1. The van der Waals surface area contributed by atoms with Crippen molar-refractivity contribution in [3.63, 3.8) is 0 Å². The molecule has 0 aromatic heterocycles. The van der Waals surface area contributed by atoms with E-state index in [0.717, 1.165) is 12.0 Å². The Kier molecular flexibility index (Phi) is 5.65. The molecule has 3 nitrogen and oxygen atoms in total. The summed E-state index contributed by atoms with van der Waals surface area (Å²) in [5.41, 5.74) is 5.91. The van der Waals surface area contributed by atoms with Crippen LogP contribution < -0.4 is 11.1 Å². The van der Waals surface area contributed by atoms with Crippen molar-refractivity contribution in [2.24, 2.45) is 5.73 Å². The molecule has 1 aromatic rings. The van der Waals surface area contributed by atoms with Gasteiger partial charge in [-0.05, 0) is 31.9 Å². The Balaban J connectivity index is 2.83. The molecule has 1 rings (SSSR count). The van der Waals surface area contributed by atoms with Gasteiger partial charge in [0.1, 0.15) is 0 Å². The van der Waals surface area contributed by atoms with E-state index in [9.17, 15) is 4.79 Å². The maximum Gasteiger partial charge on any atom is 0.240 e. The normalized spacial score (nSPS) is 15.7. The predicted molar refractivity (Wildman–Crippen MR) is 80.5 cm³/mol. The minimum absolute atomic E-state index is 0.183. The fourth-order valence-corrected chi connectivity index (χ4v) is 2.40.